The average molecular weight is 229 g/mol. The number of ether oxygens (including phenoxy) is 1. The van der Waals surface area contributed by atoms with Crippen molar-refractivity contribution in [2.45, 2.75) is 26.4 Å². The van der Waals surface area contributed by atoms with Crippen molar-refractivity contribution in [3.63, 3.8) is 0 Å². The summed E-state index contributed by atoms with van der Waals surface area (Å²) >= 11 is 5.91. The standard InChI is InChI=1S/C11H13ClO3/c1-7(2)15-9-4-3-8(5-11(13)14)10(12)6-9/h3-4,6-7H,5H2,1-2H3,(H,13,14). The zero-order valence-corrected chi connectivity index (χ0v) is 9.41. The van der Waals surface area contributed by atoms with Gasteiger partial charge in [-0.15, -0.1) is 0 Å². The first-order chi connectivity index (χ1) is 6.99. The van der Waals surface area contributed by atoms with Crippen LogP contribution in [0.15, 0.2) is 18.2 Å². The van der Waals surface area contributed by atoms with Crippen molar-refractivity contribution in [1.82, 2.24) is 0 Å². The van der Waals surface area contributed by atoms with E-state index in [9.17, 15) is 4.79 Å². The van der Waals surface area contributed by atoms with Crippen molar-refractivity contribution in [3.05, 3.63) is 28.8 Å². The lowest BCUT2D eigenvalue weighted by atomic mass is 10.1. The second-order valence-electron chi connectivity index (χ2n) is 3.49. The Kier molecular flexibility index (Phi) is 3.97. The second-order valence-corrected chi connectivity index (χ2v) is 3.90. The Balaban J connectivity index is 2.83. The van der Waals surface area contributed by atoms with Crippen LogP contribution in [0, 0.1) is 0 Å². The molecule has 3 nitrogen and oxygen atoms in total. The van der Waals surface area contributed by atoms with Crippen molar-refractivity contribution in [2.75, 3.05) is 0 Å². The topological polar surface area (TPSA) is 46.5 Å². The first-order valence-electron chi connectivity index (χ1n) is 4.66. The van der Waals surface area contributed by atoms with Gasteiger partial charge < -0.3 is 9.84 Å². The summed E-state index contributed by atoms with van der Waals surface area (Å²) in [4.78, 5) is 10.5. The molecule has 1 rings (SSSR count). The molecule has 0 radical (unpaired) electrons. The van der Waals surface area contributed by atoms with Crippen molar-refractivity contribution in [1.29, 1.82) is 0 Å². The number of hydrogen-bond acceptors (Lipinski definition) is 2. The third-order valence-corrected chi connectivity index (χ3v) is 2.09. The number of carboxylic acids is 1. The van der Waals surface area contributed by atoms with Gasteiger partial charge in [0, 0.05) is 5.02 Å². The van der Waals surface area contributed by atoms with Crippen LogP contribution in [-0.2, 0) is 11.2 Å². The van der Waals surface area contributed by atoms with Gasteiger partial charge in [0.25, 0.3) is 0 Å². The van der Waals surface area contributed by atoms with Gasteiger partial charge in [-0.1, -0.05) is 17.7 Å². The Morgan fingerprint density at radius 1 is 1.53 bits per heavy atom. The number of rotatable bonds is 4. The largest absolute Gasteiger partial charge is 0.491 e. The molecule has 0 fully saturated rings. The van der Waals surface area contributed by atoms with E-state index in [1.165, 1.54) is 0 Å². The first-order valence-corrected chi connectivity index (χ1v) is 5.03. The molecule has 0 atom stereocenters. The van der Waals surface area contributed by atoms with Gasteiger partial charge in [0.15, 0.2) is 0 Å². The maximum atomic E-state index is 10.5. The molecule has 0 amide bonds. The van der Waals surface area contributed by atoms with Crippen LogP contribution in [0.2, 0.25) is 5.02 Å². The van der Waals surface area contributed by atoms with Gasteiger partial charge >= 0.3 is 5.97 Å². The van der Waals surface area contributed by atoms with E-state index in [0.29, 0.717) is 16.3 Å². The van der Waals surface area contributed by atoms with Gasteiger partial charge in [-0.2, -0.15) is 0 Å². The average Bonchev–Trinajstić information content (AvgIpc) is 2.08. The van der Waals surface area contributed by atoms with E-state index in [2.05, 4.69) is 0 Å². The highest BCUT2D eigenvalue weighted by Gasteiger charge is 2.07. The number of benzene rings is 1. The summed E-state index contributed by atoms with van der Waals surface area (Å²) in [5, 5.41) is 9.04. The van der Waals surface area contributed by atoms with Gasteiger partial charge in [-0.05, 0) is 31.5 Å². The molecule has 4 heteroatoms. The molecule has 0 heterocycles. The molecule has 0 saturated heterocycles. The molecular weight excluding hydrogens is 216 g/mol. The fourth-order valence-electron chi connectivity index (χ4n) is 1.18. The van der Waals surface area contributed by atoms with E-state index < -0.39 is 5.97 Å². The summed E-state index contributed by atoms with van der Waals surface area (Å²) in [6, 6.07) is 5.04. The third kappa shape index (κ3) is 3.80. The number of aliphatic carboxylic acids is 1. The molecule has 0 unspecified atom stereocenters. The summed E-state index contributed by atoms with van der Waals surface area (Å²) in [5.74, 6) is -0.237. The van der Waals surface area contributed by atoms with Gasteiger partial charge in [-0.25, -0.2) is 0 Å². The fraction of sp³-hybridized carbons (Fsp3) is 0.364. The monoisotopic (exact) mass is 228 g/mol. The summed E-state index contributed by atoms with van der Waals surface area (Å²) in [6.07, 6.45) is 0.00670. The van der Waals surface area contributed by atoms with E-state index in [1.54, 1.807) is 18.2 Å². The number of hydrogen-bond donors (Lipinski definition) is 1. The van der Waals surface area contributed by atoms with Crippen LogP contribution >= 0.6 is 11.6 Å². The van der Waals surface area contributed by atoms with E-state index in [4.69, 9.17) is 21.4 Å². The summed E-state index contributed by atoms with van der Waals surface area (Å²) in [5.41, 5.74) is 0.597. The molecule has 0 aliphatic carbocycles. The molecule has 0 aromatic heterocycles. The van der Waals surface area contributed by atoms with Crippen molar-refractivity contribution in [3.8, 4) is 5.75 Å². The highest BCUT2D eigenvalue weighted by Crippen LogP contribution is 2.23. The molecule has 0 saturated carbocycles. The van der Waals surface area contributed by atoms with Crippen LogP contribution in [-0.4, -0.2) is 17.2 Å². The van der Waals surface area contributed by atoms with Gasteiger partial charge in [-0.3, -0.25) is 4.79 Å². The molecule has 0 aliphatic rings. The molecule has 1 aromatic carbocycles. The lowest BCUT2D eigenvalue weighted by Crippen LogP contribution is -2.06. The van der Waals surface area contributed by atoms with Crippen LogP contribution in [0.5, 0.6) is 5.75 Å². The highest BCUT2D eigenvalue weighted by atomic mass is 35.5. The normalized spacial score (nSPS) is 10.4. The van der Waals surface area contributed by atoms with E-state index in [-0.39, 0.29) is 12.5 Å². The molecule has 1 aromatic rings. The minimum atomic E-state index is -0.894. The molecule has 1 N–H and O–H groups in total. The molecule has 0 bridgehead atoms. The SMILES string of the molecule is CC(C)Oc1ccc(CC(=O)O)c(Cl)c1. The van der Waals surface area contributed by atoms with Gasteiger partial charge in [0.2, 0.25) is 0 Å². The Morgan fingerprint density at radius 2 is 2.20 bits per heavy atom. The summed E-state index contributed by atoms with van der Waals surface area (Å²) in [6.45, 7) is 3.83. The second kappa shape index (κ2) is 5.03. The zero-order chi connectivity index (χ0) is 11.4. The Hall–Kier alpha value is -1.22. The molecular formula is C11H13ClO3. The number of halogens is 1. The minimum Gasteiger partial charge on any atom is -0.491 e. The molecule has 15 heavy (non-hydrogen) atoms. The van der Waals surface area contributed by atoms with Crippen molar-refractivity contribution < 1.29 is 14.6 Å². The van der Waals surface area contributed by atoms with Crippen molar-refractivity contribution in [2.24, 2.45) is 0 Å². The number of carbonyl (C=O) groups is 1. The van der Waals surface area contributed by atoms with E-state index in [1.807, 2.05) is 13.8 Å². The summed E-state index contributed by atoms with van der Waals surface area (Å²) in [7, 11) is 0. The van der Waals surface area contributed by atoms with Gasteiger partial charge in [0.1, 0.15) is 5.75 Å². The van der Waals surface area contributed by atoms with E-state index in [0.717, 1.165) is 0 Å². The van der Waals surface area contributed by atoms with E-state index >= 15 is 0 Å². The predicted molar refractivity (Wildman–Crippen MR) is 58.6 cm³/mol. The van der Waals surface area contributed by atoms with Crippen LogP contribution in [0.1, 0.15) is 19.4 Å². The molecule has 0 aliphatic heterocycles. The maximum absolute atomic E-state index is 10.5. The smallest absolute Gasteiger partial charge is 0.307 e. The Labute approximate surface area is 93.6 Å². The van der Waals surface area contributed by atoms with Crippen LogP contribution in [0.25, 0.3) is 0 Å². The van der Waals surface area contributed by atoms with Gasteiger partial charge in [0.05, 0.1) is 12.5 Å². The van der Waals surface area contributed by atoms with Crippen molar-refractivity contribution >= 4 is 17.6 Å². The lowest BCUT2D eigenvalue weighted by molar-refractivity contribution is -0.136. The Bertz CT molecular complexity index is 361. The van der Waals surface area contributed by atoms with Crippen LogP contribution in [0.3, 0.4) is 0 Å². The first kappa shape index (κ1) is 11.9. The highest BCUT2D eigenvalue weighted by molar-refractivity contribution is 6.31. The predicted octanol–water partition coefficient (Wildman–Crippen LogP) is 2.75. The molecule has 82 valence electrons. The Morgan fingerprint density at radius 3 is 2.67 bits per heavy atom. The zero-order valence-electron chi connectivity index (χ0n) is 8.66. The van der Waals surface area contributed by atoms with Crippen LogP contribution < -0.4 is 4.74 Å². The quantitative estimate of drug-likeness (QED) is 0.862. The molecule has 0 spiro atoms. The third-order valence-electron chi connectivity index (χ3n) is 1.74. The fourth-order valence-corrected chi connectivity index (χ4v) is 1.42. The maximum Gasteiger partial charge on any atom is 0.307 e. The minimum absolute atomic E-state index is 0.0687. The van der Waals surface area contributed by atoms with Crippen LogP contribution in [0.4, 0.5) is 0 Å². The lowest BCUT2D eigenvalue weighted by Gasteiger charge is -2.10. The number of carboxylic acid groups (broad SMARTS) is 1. The summed E-state index contributed by atoms with van der Waals surface area (Å²) < 4.78 is 5.42.